The highest BCUT2D eigenvalue weighted by Crippen LogP contribution is 2.32. The van der Waals surface area contributed by atoms with Crippen LogP contribution in [0.25, 0.3) is 0 Å². The Bertz CT molecular complexity index is 383. The van der Waals surface area contributed by atoms with E-state index in [1.807, 2.05) is 6.92 Å². The molecule has 1 fully saturated rings. The number of hydrogen-bond acceptors (Lipinski definition) is 4. The summed E-state index contributed by atoms with van der Waals surface area (Å²) in [4.78, 5) is 11.7. The van der Waals surface area contributed by atoms with Gasteiger partial charge in [-0.25, -0.2) is 4.79 Å². The molecule has 0 bridgehead atoms. The summed E-state index contributed by atoms with van der Waals surface area (Å²) < 4.78 is 6.75. The van der Waals surface area contributed by atoms with Gasteiger partial charge in [-0.3, -0.25) is 4.68 Å². The van der Waals surface area contributed by atoms with E-state index in [0.29, 0.717) is 24.5 Å². The van der Waals surface area contributed by atoms with E-state index in [-0.39, 0.29) is 5.97 Å². The van der Waals surface area contributed by atoms with Crippen LogP contribution in [-0.2, 0) is 11.3 Å². The van der Waals surface area contributed by atoms with E-state index < -0.39 is 0 Å². The zero-order valence-electron chi connectivity index (χ0n) is 9.48. The maximum Gasteiger partial charge on any atom is 0.358 e. The van der Waals surface area contributed by atoms with Gasteiger partial charge in [0.25, 0.3) is 0 Å². The molecule has 0 saturated heterocycles. The topological polar surface area (TPSA) is 70.1 Å². The Hall–Kier alpha value is -1.52. The summed E-state index contributed by atoms with van der Waals surface area (Å²) in [6.45, 7) is 3.01. The lowest BCUT2D eigenvalue weighted by atomic mass is 10.3. The minimum Gasteiger partial charge on any atom is -0.461 e. The summed E-state index contributed by atoms with van der Waals surface area (Å²) in [5.74, 6) is 0.402. The third kappa shape index (κ3) is 2.35. The standard InChI is InChI=1S/C11H17N3O2/c1-2-14-10(9(12)7-13-14)11(15)16-6-5-8-3-4-8/h7-8H,2-6,12H2,1H3. The molecule has 1 aliphatic rings. The van der Waals surface area contributed by atoms with Crippen molar-refractivity contribution in [1.29, 1.82) is 0 Å². The molecule has 1 aromatic heterocycles. The number of nitrogens with zero attached hydrogens (tertiary/aromatic N) is 2. The molecule has 1 aliphatic carbocycles. The second kappa shape index (κ2) is 4.55. The average Bonchev–Trinajstić information content (AvgIpc) is 3.00. The fourth-order valence-corrected chi connectivity index (χ4v) is 1.66. The van der Waals surface area contributed by atoms with Crippen molar-refractivity contribution >= 4 is 11.7 Å². The largest absolute Gasteiger partial charge is 0.461 e. The Kier molecular flexibility index (Phi) is 3.12. The molecule has 0 aromatic carbocycles. The molecule has 0 unspecified atom stereocenters. The zero-order chi connectivity index (χ0) is 11.5. The van der Waals surface area contributed by atoms with Gasteiger partial charge in [-0.2, -0.15) is 5.10 Å². The minimum absolute atomic E-state index is 0.363. The van der Waals surface area contributed by atoms with Crippen molar-refractivity contribution < 1.29 is 9.53 Å². The van der Waals surface area contributed by atoms with E-state index >= 15 is 0 Å². The molecule has 16 heavy (non-hydrogen) atoms. The van der Waals surface area contributed by atoms with E-state index in [9.17, 15) is 4.79 Å². The van der Waals surface area contributed by atoms with Crippen LogP contribution in [0.1, 0.15) is 36.7 Å². The number of carbonyl (C=O) groups is 1. The van der Waals surface area contributed by atoms with E-state index in [4.69, 9.17) is 10.5 Å². The van der Waals surface area contributed by atoms with Gasteiger partial charge in [0, 0.05) is 6.54 Å². The van der Waals surface area contributed by atoms with Gasteiger partial charge < -0.3 is 10.5 Å². The average molecular weight is 223 g/mol. The first kappa shape index (κ1) is 11.0. The maximum atomic E-state index is 11.7. The van der Waals surface area contributed by atoms with Crippen LogP contribution in [0.3, 0.4) is 0 Å². The number of carbonyl (C=O) groups excluding carboxylic acids is 1. The Morgan fingerprint density at radius 2 is 2.44 bits per heavy atom. The van der Waals surface area contributed by atoms with Gasteiger partial charge >= 0.3 is 5.97 Å². The normalized spacial score (nSPS) is 15.1. The Labute approximate surface area is 94.6 Å². The lowest BCUT2D eigenvalue weighted by Gasteiger charge is -2.06. The molecular formula is C11H17N3O2. The van der Waals surface area contributed by atoms with Crippen molar-refractivity contribution in [3.8, 4) is 0 Å². The van der Waals surface area contributed by atoms with Gasteiger partial charge in [-0.1, -0.05) is 12.8 Å². The predicted molar refractivity (Wildman–Crippen MR) is 59.9 cm³/mol. The van der Waals surface area contributed by atoms with Crippen molar-refractivity contribution in [3.05, 3.63) is 11.9 Å². The second-order valence-corrected chi connectivity index (χ2v) is 4.13. The lowest BCUT2D eigenvalue weighted by Crippen LogP contribution is -2.15. The molecule has 0 aliphatic heterocycles. The number of anilines is 1. The van der Waals surface area contributed by atoms with Crippen molar-refractivity contribution in [2.75, 3.05) is 12.3 Å². The van der Waals surface area contributed by atoms with Crippen LogP contribution in [0.2, 0.25) is 0 Å². The summed E-state index contributed by atoms with van der Waals surface area (Å²) in [6, 6.07) is 0. The Morgan fingerprint density at radius 3 is 3.06 bits per heavy atom. The van der Waals surface area contributed by atoms with E-state index in [2.05, 4.69) is 5.10 Å². The highest BCUT2D eigenvalue weighted by atomic mass is 16.5. The molecule has 1 aromatic rings. The number of hydrogen-bond donors (Lipinski definition) is 1. The molecule has 5 heteroatoms. The fraction of sp³-hybridized carbons (Fsp3) is 0.636. The highest BCUT2D eigenvalue weighted by molar-refractivity contribution is 5.93. The summed E-state index contributed by atoms with van der Waals surface area (Å²) >= 11 is 0. The van der Waals surface area contributed by atoms with Crippen LogP contribution < -0.4 is 5.73 Å². The lowest BCUT2D eigenvalue weighted by molar-refractivity contribution is 0.0482. The first-order chi connectivity index (χ1) is 7.72. The molecule has 2 N–H and O–H groups in total. The van der Waals surface area contributed by atoms with E-state index in [1.54, 1.807) is 4.68 Å². The summed E-state index contributed by atoms with van der Waals surface area (Å²) in [6.07, 6.45) is 4.99. The molecule has 0 spiro atoms. The van der Waals surface area contributed by atoms with Crippen molar-refractivity contribution in [1.82, 2.24) is 9.78 Å². The zero-order valence-corrected chi connectivity index (χ0v) is 9.48. The summed E-state index contributed by atoms with van der Waals surface area (Å²) in [5, 5.41) is 4.00. The molecule has 0 atom stereocenters. The van der Waals surface area contributed by atoms with Crippen LogP contribution in [-0.4, -0.2) is 22.4 Å². The van der Waals surface area contributed by atoms with Crippen LogP contribution in [0, 0.1) is 5.92 Å². The molecule has 88 valence electrons. The molecule has 2 rings (SSSR count). The number of ether oxygens (including phenoxy) is 1. The number of esters is 1. The molecule has 0 radical (unpaired) electrons. The fourth-order valence-electron chi connectivity index (χ4n) is 1.66. The quantitative estimate of drug-likeness (QED) is 0.767. The Morgan fingerprint density at radius 1 is 1.69 bits per heavy atom. The van der Waals surface area contributed by atoms with Crippen molar-refractivity contribution in [2.45, 2.75) is 32.7 Å². The van der Waals surface area contributed by atoms with Gasteiger partial charge in [-0.05, 0) is 19.3 Å². The van der Waals surface area contributed by atoms with E-state index in [0.717, 1.165) is 12.3 Å². The first-order valence-corrected chi connectivity index (χ1v) is 5.70. The second-order valence-electron chi connectivity index (χ2n) is 4.13. The van der Waals surface area contributed by atoms with Crippen LogP contribution in [0.5, 0.6) is 0 Å². The SMILES string of the molecule is CCn1ncc(N)c1C(=O)OCCC1CC1. The summed E-state index contributed by atoms with van der Waals surface area (Å²) in [5.41, 5.74) is 6.44. The third-order valence-corrected chi connectivity index (χ3v) is 2.82. The van der Waals surface area contributed by atoms with Crippen molar-refractivity contribution in [2.24, 2.45) is 5.92 Å². The number of aromatic nitrogens is 2. The number of nitrogen functional groups attached to an aromatic ring is 1. The smallest absolute Gasteiger partial charge is 0.358 e. The van der Waals surface area contributed by atoms with Gasteiger partial charge in [0.1, 0.15) is 0 Å². The van der Waals surface area contributed by atoms with Crippen LogP contribution >= 0.6 is 0 Å². The van der Waals surface area contributed by atoms with Crippen LogP contribution in [0.4, 0.5) is 5.69 Å². The molecule has 1 heterocycles. The number of aryl methyl sites for hydroxylation is 1. The van der Waals surface area contributed by atoms with Gasteiger partial charge in [0.2, 0.25) is 0 Å². The van der Waals surface area contributed by atoms with Gasteiger partial charge in [0.15, 0.2) is 5.69 Å². The summed E-state index contributed by atoms with van der Waals surface area (Å²) in [7, 11) is 0. The maximum absolute atomic E-state index is 11.7. The number of rotatable bonds is 5. The predicted octanol–water partition coefficient (Wildman–Crippen LogP) is 1.44. The molecule has 5 nitrogen and oxygen atoms in total. The van der Waals surface area contributed by atoms with Gasteiger partial charge in [0.05, 0.1) is 18.5 Å². The number of nitrogens with two attached hydrogens (primary N) is 1. The molecular weight excluding hydrogens is 206 g/mol. The monoisotopic (exact) mass is 223 g/mol. The minimum atomic E-state index is -0.363. The Balaban J connectivity index is 1.92. The first-order valence-electron chi connectivity index (χ1n) is 5.70. The molecule has 0 amide bonds. The van der Waals surface area contributed by atoms with E-state index in [1.165, 1.54) is 19.0 Å². The van der Waals surface area contributed by atoms with Crippen molar-refractivity contribution in [3.63, 3.8) is 0 Å². The van der Waals surface area contributed by atoms with Gasteiger partial charge in [-0.15, -0.1) is 0 Å². The molecule has 1 saturated carbocycles. The highest BCUT2D eigenvalue weighted by Gasteiger charge is 2.22. The third-order valence-electron chi connectivity index (χ3n) is 2.82. The van der Waals surface area contributed by atoms with Crippen LogP contribution in [0.15, 0.2) is 6.20 Å².